The molecule has 0 aromatic heterocycles. The molecular formula is C13H7ClF4S. The van der Waals surface area contributed by atoms with Gasteiger partial charge in [0.1, 0.15) is 11.4 Å². The summed E-state index contributed by atoms with van der Waals surface area (Å²) < 4.78 is 51.8. The van der Waals surface area contributed by atoms with Crippen molar-refractivity contribution in [3.05, 3.63) is 58.9 Å². The summed E-state index contributed by atoms with van der Waals surface area (Å²) in [5.74, 6) is -1.27. The molecule has 0 aliphatic heterocycles. The number of halogens is 5. The van der Waals surface area contributed by atoms with Crippen LogP contribution in [0.15, 0.2) is 52.3 Å². The van der Waals surface area contributed by atoms with E-state index in [1.807, 2.05) is 0 Å². The van der Waals surface area contributed by atoms with Gasteiger partial charge in [0.15, 0.2) is 0 Å². The fourth-order valence-corrected chi connectivity index (χ4v) is 2.61. The standard InChI is InChI=1S/C13H7ClF4S/c14-8-4-6-9(7-5-8)19-11-3-1-2-10(15)12(11)13(16,17)18/h1-7H. The summed E-state index contributed by atoms with van der Waals surface area (Å²) >= 11 is 6.54. The van der Waals surface area contributed by atoms with Gasteiger partial charge in [-0.05, 0) is 36.4 Å². The van der Waals surface area contributed by atoms with Crippen molar-refractivity contribution in [2.45, 2.75) is 16.0 Å². The molecule has 0 nitrogen and oxygen atoms in total. The first-order chi connectivity index (χ1) is 8.88. The molecule has 0 saturated carbocycles. The van der Waals surface area contributed by atoms with Crippen molar-refractivity contribution in [1.29, 1.82) is 0 Å². The Balaban J connectivity index is 2.40. The molecule has 0 fully saturated rings. The van der Waals surface area contributed by atoms with Gasteiger partial charge in [-0.15, -0.1) is 0 Å². The molecule has 2 rings (SSSR count). The summed E-state index contributed by atoms with van der Waals surface area (Å²) in [7, 11) is 0. The molecule has 0 radical (unpaired) electrons. The second-order valence-corrected chi connectivity index (χ2v) is 5.22. The summed E-state index contributed by atoms with van der Waals surface area (Å²) in [6, 6.07) is 9.59. The van der Waals surface area contributed by atoms with Gasteiger partial charge in [0.2, 0.25) is 0 Å². The van der Waals surface area contributed by atoms with E-state index < -0.39 is 17.6 Å². The first-order valence-electron chi connectivity index (χ1n) is 5.17. The average molecular weight is 307 g/mol. The molecule has 0 spiro atoms. The van der Waals surface area contributed by atoms with E-state index in [0.717, 1.165) is 17.8 Å². The fraction of sp³-hybridized carbons (Fsp3) is 0.0769. The molecule has 0 atom stereocenters. The lowest BCUT2D eigenvalue weighted by atomic mass is 10.2. The number of alkyl halides is 3. The molecule has 0 unspecified atom stereocenters. The minimum atomic E-state index is -4.72. The van der Waals surface area contributed by atoms with Gasteiger partial charge in [-0.25, -0.2) is 4.39 Å². The lowest BCUT2D eigenvalue weighted by Crippen LogP contribution is -2.09. The molecule has 19 heavy (non-hydrogen) atoms. The maximum absolute atomic E-state index is 13.4. The molecule has 2 aromatic carbocycles. The van der Waals surface area contributed by atoms with Crippen molar-refractivity contribution in [2.24, 2.45) is 0 Å². The highest BCUT2D eigenvalue weighted by atomic mass is 35.5. The first-order valence-corrected chi connectivity index (χ1v) is 6.36. The van der Waals surface area contributed by atoms with Crippen LogP contribution in [0.2, 0.25) is 5.02 Å². The van der Waals surface area contributed by atoms with Gasteiger partial charge < -0.3 is 0 Å². The summed E-state index contributed by atoms with van der Waals surface area (Å²) in [5.41, 5.74) is -1.24. The SMILES string of the molecule is Fc1cccc(Sc2ccc(Cl)cc2)c1C(F)(F)F. The molecule has 0 aliphatic carbocycles. The maximum atomic E-state index is 13.4. The third-order valence-electron chi connectivity index (χ3n) is 2.30. The van der Waals surface area contributed by atoms with Gasteiger partial charge in [-0.1, -0.05) is 29.4 Å². The number of hydrogen-bond donors (Lipinski definition) is 0. The Kier molecular flexibility index (Phi) is 4.06. The van der Waals surface area contributed by atoms with E-state index in [1.165, 1.54) is 12.1 Å². The molecule has 0 saturated heterocycles. The summed E-state index contributed by atoms with van der Waals surface area (Å²) in [6.07, 6.45) is -4.72. The Morgan fingerprint density at radius 3 is 2.16 bits per heavy atom. The van der Waals surface area contributed by atoms with E-state index in [9.17, 15) is 17.6 Å². The highest BCUT2D eigenvalue weighted by Gasteiger charge is 2.36. The van der Waals surface area contributed by atoms with E-state index in [1.54, 1.807) is 24.3 Å². The highest BCUT2D eigenvalue weighted by molar-refractivity contribution is 7.99. The highest BCUT2D eigenvalue weighted by Crippen LogP contribution is 2.40. The van der Waals surface area contributed by atoms with Crippen LogP contribution in [0.25, 0.3) is 0 Å². The van der Waals surface area contributed by atoms with Gasteiger partial charge >= 0.3 is 6.18 Å². The van der Waals surface area contributed by atoms with Gasteiger partial charge in [-0.2, -0.15) is 13.2 Å². The fourth-order valence-electron chi connectivity index (χ4n) is 1.49. The minimum absolute atomic E-state index is 0.171. The van der Waals surface area contributed by atoms with Crippen molar-refractivity contribution in [3.63, 3.8) is 0 Å². The number of rotatable bonds is 2. The van der Waals surface area contributed by atoms with Crippen LogP contribution in [0.5, 0.6) is 0 Å². The van der Waals surface area contributed by atoms with Crippen molar-refractivity contribution in [1.82, 2.24) is 0 Å². The molecule has 0 amide bonds. The molecule has 0 aliphatic rings. The third kappa shape index (κ3) is 3.42. The van der Waals surface area contributed by atoms with E-state index in [2.05, 4.69) is 0 Å². The smallest absolute Gasteiger partial charge is 0.206 e. The Hall–Kier alpha value is -1.20. The Morgan fingerprint density at radius 2 is 1.58 bits per heavy atom. The molecule has 0 N–H and O–H groups in total. The van der Waals surface area contributed by atoms with Gasteiger partial charge in [-0.3, -0.25) is 0 Å². The van der Waals surface area contributed by atoms with Crippen molar-refractivity contribution in [2.75, 3.05) is 0 Å². The molecule has 2 aromatic rings. The Morgan fingerprint density at radius 1 is 0.947 bits per heavy atom. The lowest BCUT2D eigenvalue weighted by molar-refractivity contribution is -0.142. The van der Waals surface area contributed by atoms with E-state index in [4.69, 9.17) is 11.6 Å². The Labute approximate surface area is 116 Å². The summed E-state index contributed by atoms with van der Waals surface area (Å²) in [6.45, 7) is 0. The lowest BCUT2D eigenvalue weighted by Gasteiger charge is -2.13. The predicted octanol–water partition coefficient (Wildman–Crippen LogP) is 5.65. The van der Waals surface area contributed by atoms with Gasteiger partial charge in [0, 0.05) is 14.8 Å². The molecule has 0 heterocycles. The van der Waals surface area contributed by atoms with Crippen LogP contribution >= 0.6 is 23.4 Å². The van der Waals surface area contributed by atoms with Crippen LogP contribution in [-0.4, -0.2) is 0 Å². The first kappa shape index (κ1) is 14.2. The van der Waals surface area contributed by atoms with E-state index in [-0.39, 0.29) is 4.90 Å². The normalized spacial score (nSPS) is 11.6. The van der Waals surface area contributed by atoms with Crippen molar-refractivity contribution < 1.29 is 17.6 Å². The van der Waals surface area contributed by atoms with Crippen LogP contribution < -0.4 is 0 Å². The van der Waals surface area contributed by atoms with Crippen molar-refractivity contribution in [3.8, 4) is 0 Å². The topological polar surface area (TPSA) is 0 Å². The van der Waals surface area contributed by atoms with Crippen molar-refractivity contribution >= 4 is 23.4 Å². The number of hydrogen-bond acceptors (Lipinski definition) is 1. The monoisotopic (exact) mass is 306 g/mol. The van der Waals surface area contributed by atoms with E-state index in [0.29, 0.717) is 9.92 Å². The largest absolute Gasteiger partial charge is 0.420 e. The Bertz CT molecular complexity index is 578. The second-order valence-electron chi connectivity index (χ2n) is 3.67. The molecule has 0 bridgehead atoms. The van der Waals surface area contributed by atoms with Crippen LogP contribution in [0, 0.1) is 5.82 Å². The second kappa shape index (κ2) is 5.43. The minimum Gasteiger partial charge on any atom is -0.206 e. The van der Waals surface area contributed by atoms with Crippen LogP contribution in [0.3, 0.4) is 0 Å². The molecule has 6 heteroatoms. The quantitative estimate of drug-likeness (QED) is 0.646. The number of benzene rings is 2. The summed E-state index contributed by atoms with van der Waals surface area (Å²) in [5, 5.41) is 0.486. The zero-order valence-electron chi connectivity index (χ0n) is 9.34. The molecular weight excluding hydrogens is 300 g/mol. The zero-order chi connectivity index (χ0) is 14.0. The van der Waals surface area contributed by atoms with Crippen LogP contribution in [-0.2, 0) is 6.18 Å². The molecule has 100 valence electrons. The van der Waals surface area contributed by atoms with Crippen LogP contribution in [0.1, 0.15) is 5.56 Å². The van der Waals surface area contributed by atoms with Gasteiger partial charge in [0.25, 0.3) is 0 Å². The predicted molar refractivity (Wildman–Crippen MR) is 67.0 cm³/mol. The van der Waals surface area contributed by atoms with Gasteiger partial charge in [0.05, 0.1) is 0 Å². The average Bonchev–Trinajstić information content (AvgIpc) is 2.30. The summed E-state index contributed by atoms with van der Waals surface area (Å²) in [4.78, 5) is 0.385. The maximum Gasteiger partial charge on any atom is 0.420 e. The van der Waals surface area contributed by atoms with Crippen LogP contribution in [0.4, 0.5) is 17.6 Å². The zero-order valence-corrected chi connectivity index (χ0v) is 10.9. The third-order valence-corrected chi connectivity index (χ3v) is 3.62. The van der Waals surface area contributed by atoms with E-state index >= 15 is 0 Å².